The lowest BCUT2D eigenvalue weighted by molar-refractivity contribution is 0.0680. The Bertz CT molecular complexity index is 1560. The number of fused-ring (bicyclic) bond motifs is 2. The Morgan fingerprint density at radius 2 is 1.31 bits per heavy atom. The SMILES string of the molecule is CCCCCOc1cc(C(=O)O)nc2ccc(F)cc12.O=C(O)c1cc(OCC2CCCCC2)c2cc(F)ccc2n1. The van der Waals surface area contributed by atoms with Crippen LogP contribution in [-0.4, -0.2) is 45.3 Å². The number of benzene rings is 2. The molecule has 2 aromatic carbocycles. The van der Waals surface area contributed by atoms with Crippen LogP contribution in [0, 0.1) is 17.6 Å². The fraction of sp³-hybridized carbons (Fsp3) is 0.375. The van der Waals surface area contributed by atoms with Crippen molar-refractivity contribution in [2.24, 2.45) is 5.92 Å². The molecule has 0 spiro atoms. The van der Waals surface area contributed by atoms with Crippen molar-refractivity contribution < 1.29 is 38.1 Å². The van der Waals surface area contributed by atoms with Gasteiger partial charge < -0.3 is 19.7 Å². The maximum absolute atomic E-state index is 13.5. The van der Waals surface area contributed by atoms with E-state index in [0.29, 0.717) is 52.4 Å². The summed E-state index contributed by atoms with van der Waals surface area (Å²) >= 11 is 0. The highest BCUT2D eigenvalue weighted by atomic mass is 19.1. The first-order valence-electron chi connectivity index (χ1n) is 14.2. The molecule has 5 rings (SSSR count). The van der Waals surface area contributed by atoms with E-state index in [1.165, 1.54) is 67.8 Å². The number of rotatable bonds is 10. The van der Waals surface area contributed by atoms with Crippen LogP contribution in [0.1, 0.15) is 79.3 Å². The highest BCUT2D eigenvalue weighted by molar-refractivity contribution is 5.94. The molecule has 0 amide bonds. The molecule has 8 nitrogen and oxygen atoms in total. The highest BCUT2D eigenvalue weighted by Gasteiger charge is 2.17. The smallest absolute Gasteiger partial charge is 0.354 e. The molecule has 1 aliphatic carbocycles. The third kappa shape index (κ3) is 8.11. The third-order valence-electron chi connectivity index (χ3n) is 7.11. The van der Waals surface area contributed by atoms with Gasteiger partial charge in [-0.25, -0.2) is 28.3 Å². The molecule has 0 radical (unpaired) electrons. The second-order valence-electron chi connectivity index (χ2n) is 10.3. The van der Waals surface area contributed by atoms with E-state index in [1.807, 2.05) is 0 Å². The van der Waals surface area contributed by atoms with Crippen molar-refractivity contribution in [1.82, 2.24) is 9.97 Å². The quantitative estimate of drug-likeness (QED) is 0.183. The highest BCUT2D eigenvalue weighted by Crippen LogP contribution is 2.30. The van der Waals surface area contributed by atoms with E-state index in [-0.39, 0.29) is 17.2 Å². The minimum absolute atomic E-state index is 0.0854. The molecule has 1 saturated carbocycles. The first-order valence-corrected chi connectivity index (χ1v) is 14.2. The minimum Gasteiger partial charge on any atom is -0.493 e. The summed E-state index contributed by atoms with van der Waals surface area (Å²) in [5.41, 5.74) is 0.657. The molecule has 0 aliphatic heterocycles. The molecular weight excluding hydrogens is 546 g/mol. The monoisotopic (exact) mass is 580 g/mol. The van der Waals surface area contributed by atoms with Gasteiger partial charge in [0.15, 0.2) is 11.4 Å². The van der Waals surface area contributed by atoms with Crippen molar-refractivity contribution in [3.63, 3.8) is 0 Å². The van der Waals surface area contributed by atoms with E-state index in [9.17, 15) is 18.4 Å². The van der Waals surface area contributed by atoms with Crippen molar-refractivity contribution in [3.05, 3.63) is 71.6 Å². The summed E-state index contributed by atoms with van der Waals surface area (Å²) in [4.78, 5) is 30.2. The second kappa shape index (κ2) is 14.5. The molecule has 0 bridgehead atoms. The zero-order valence-electron chi connectivity index (χ0n) is 23.4. The molecule has 1 aliphatic rings. The average Bonchev–Trinajstić information content (AvgIpc) is 2.98. The fourth-order valence-corrected chi connectivity index (χ4v) is 4.89. The van der Waals surface area contributed by atoms with E-state index in [2.05, 4.69) is 16.9 Å². The fourth-order valence-electron chi connectivity index (χ4n) is 4.89. The maximum atomic E-state index is 13.5. The summed E-state index contributed by atoms with van der Waals surface area (Å²) in [5.74, 6) is -1.79. The van der Waals surface area contributed by atoms with Crippen molar-refractivity contribution in [2.45, 2.75) is 58.3 Å². The van der Waals surface area contributed by atoms with Gasteiger partial charge in [0.1, 0.15) is 23.1 Å². The number of carboxylic acids is 2. The summed E-state index contributed by atoms with van der Waals surface area (Å²) in [7, 11) is 0. The summed E-state index contributed by atoms with van der Waals surface area (Å²) in [6.07, 6.45) is 8.91. The summed E-state index contributed by atoms with van der Waals surface area (Å²) in [6.45, 7) is 3.09. The Morgan fingerprint density at radius 3 is 1.81 bits per heavy atom. The van der Waals surface area contributed by atoms with E-state index in [4.69, 9.17) is 19.7 Å². The van der Waals surface area contributed by atoms with Gasteiger partial charge in [-0.2, -0.15) is 0 Å². The van der Waals surface area contributed by atoms with E-state index in [1.54, 1.807) is 0 Å². The van der Waals surface area contributed by atoms with Crippen LogP contribution in [0.5, 0.6) is 11.5 Å². The second-order valence-corrected chi connectivity index (χ2v) is 10.3. The predicted molar refractivity (Wildman–Crippen MR) is 154 cm³/mol. The summed E-state index contributed by atoms with van der Waals surface area (Å²) < 4.78 is 38.2. The molecule has 4 aromatic rings. The molecule has 2 heterocycles. The number of nitrogens with zero attached hydrogens (tertiary/aromatic N) is 2. The van der Waals surface area contributed by atoms with Crippen molar-refractivity contribution in [1.29, 1.82) is 0 Å². The lowest BCUT2D eigenvalue weighted by Crippen LogP contribution is -2.15. The van der Waals surface area contributed by atoms with Gasteiger partial charge in [0.25, 0.3) is 0 Å². The van der Waals surface area contributed by atoms with Crippen LogP contribution < -0.4 is 9.47 Å². The van der Waals surface area contributed by atoms with Crippen LogP contribution in [0.3, 0.4) is 0 Å². The lowest BCUT2D eigenvalue weighted by atomic mass is 9.90. The van der Waals surface area contributed by atoms with Crippen LogP contribution in [-0.2, 0) is 0 Å². The number of unbranched alkanes of at least 4 members (excludes halogenated alkanes) is 2. The maximum Gasteiger partial charge on any atom is 0.354 e. The van der Waals surface area contributed by atoms with Crippen molar-refractivity contribution >= 4 is 33.7 Å². The number of carbonyl (C=O) groups is 2. The number of pyridine rings is 2. The summed E-state index contributed by atoms with van der Waals surface area (Å²) in [6, 6.07) is 10.8. The zero-order valence-corrected chi connectivity index (χ0v) is 23.4. The molecule has 10 heteroatoms. The van der Waals surface area contributed by atoms with Crippen LogP contribution in [0.25, 0.3) is 21.8 Å². The van der Waals surface area contributed by atoms with Crippen LogP contribution >= 0.6 is 0 Å². The number of hydrogen-bond donors (Lipinski definition) is 2. The number of aromatic carboxylic acids is 2. The van der Waals surface area contributed by atoms with E-state index < -0.39 is 17.8 Å². The molecule has 1 fully saturated rings. The Labute approximate surface area is 242 Å². The normalized spacial score (nSPS) is 13.4. The van der Waals surface area contributed by atoms with E-state index in [0.717, 1.165) is 32.1 Å². The van der Waals surface area contributed by atoms with Gasteiger partial charge in [-0.05, 0) is 61.6 Å². The zero-order chi connectivity index (χ0) is 30.1. The molecular formula is C32H34F2N2O6. The standard InChI is InChI=1S/C17H18FNO3.C15H16FNO3/c18-12-6-7-14-13(8-12)16(9-15(19-14)17(20)21)22-10-11-4-2-1-3-5-11;1-2-3-4-7-20-14-9-13(15(18)19)17-12-6-5-10(16)8-11(12)14/h6-9,11H,1-5,10H2,(H,20,21);5-6,8-9H,2-4,7H2,1H3,(H,18,19). The van der Waals surface area contributed by atoms with Crippen LogP contribution in [0.15, 0.2) is 48.5 Å². The number of hydrogen-bond acceptors (Lipinski definition) is 6. The molecule has 0 atom stereocenters. The minimum atomic E-state index is -1.13. The third-order valence-corrected chi connectivity index (χ3v) is 7.11. The number of aromatic nitrogens is 2. The molecule has 0 unspecified atom stereocenters. The first-order chi connectivity index (χ1) is 20.2. The Kier molecular flexibility index (Phi) is 10.6. The summed E-state index contributed by atoms with van der Waals surface area (Å²) in [5, 5.41) is 19.2. The molecule has 2 N–H and O–H groups in total. The Morgan fingerprint density at radius 1 is 0.786 bits per heavy atom. The molecule has 2 aromatic heterocycles. The van der Waals surface area contributed by atoms with Gasteiger partial charge in [0.05, 0.1) is 24.2 Å². The van der Waals surface area contributed by atoms with Gasteiger partial charge in [0, 0.05) is 22.9 Å². The van der Waals surface area contributed by atoms with Gasteiger partial charge in [-0.1, -0.05) is 39.0 Å². The number of ether oxygens (including phenoxy) is 2. The predicted octanol–water partition coefficient (Wildman–Crippen LogP) is 7.67. The number of halogens is 2. The lowest BCUT2D eigenvalue weighted by Gasteiger charge is -2.22. The molecule has 222 valence electrons. The molecule has 0 saturated heterocycles. The largest absolute Gasteiger partial charge is 0.493 e. The van der Waals surface area contributed by atoms with E-state index >= 15 is 0 Å². The van der Waals surface area contributed by atoms with Gasteiger partial charge in [-0.3, -0.25) is 0 Å². The van der Waals surface area contributed by atoms with Crippen molar-refractivity contribution in [3.8, 4) is 11.5 Å². The van der Waals surface area contributed by atoms with Crippen LogP contribution in [0.4, 0.5) is 8.78 Å². The first kappa shape index (κ1) is 30.6. The molecule has 42 heavy (non-hydrogen) atoms. The average molecular weight is 581 g/mol. The van der Waals surface area contributed by atoms with Gasteiger partial charge >= 0.3 is 11.9 Å². The van der Waals surface area contributed by atoms with Crippen molar-refractivity contribution in [2.75, 3.05) is 13.2 Å². The Hall–Kier alpha value is -4.34. The van der Waals surface area contributed by atoms with Crippen LogP contribution in [0.2, 0.25) is 0 Å². The van der Waals surface area contributed by atoms with Gasteiger partial charge in [-0.15, -0.1) is 0 Å². The topological polar surface area (TPSA) is 119 Å². The Balaban J connectivity index is 0.000000194. The van der Waals surface area contributed by atoms with Gasteiger partial charge in [0.2, 0.25) is 0 Å². The number of carboxylic acid groups (broad SMARTS) is 2.